The molecule has 0 amide bonds. The summed E-state index contributed by atoms with van der Waals surface area (Å²) in [6.07, 6.45) is 0. The summed E-state index contributed by atoms with van der Waals surface area (Å²) in [6, 6.07) is 8.08. The van der Waals surface area contributed by atoms with E-state index in [2.05, 4.69) is 37.5 Å². The van der Waals surface area contributed by atoms with Crippen LogP contribution in [-0.2, 0) is 0 Å². The molecule has 0 aliphatic carbocycles. The summed E-state index contributed by atoms with van der Waals surface area (Å²) in [4.78, 5) is 16.0. The van der Waals surface area contributed by atoms with Crippen LogP contribution in [0.25, 0.3) is 11.4 Å². The Morgan fingerprint density at radius 3 is 2.44 bits per heavy atom. The minimum Gasteiger partial charge on any atom is -0.369 e. The fourth-order valence-electron chi connectivity index (χ4n) is 2.16. The van der Waals surface area contributed by atoms with Crippen LogP contribution in [0, 0.1) is 0 Å². The van der Waals surface area contributed by atoms with Gasteiger partial charge in [-0.1, -0.05) is 0 Å². The zero-order valence-electron chi connectivity index (χ0n) is 9.94. The molecule has 0 radical (unpaired) electrons. The highest BCUT2D eigenvalue weighted by atomic mass is 16.1. The monoisotopic (exact) mass is 245 g/mol. The predicted octanol–water partition coefficient (Wildman–Crippen LogP) is 0.175. The molecule has 1 fully saturated rings. The Morgan fingerprint density at radius 2 is 1.83 bits per heavy atom. The molecule has 6 heteroatoms. The number of hydrogen-bond donors (Lipinski definition) is 3. The number of aromatic nitrogens is 3. The summed E-state index contributed by atoms with van der Waals surface area (Å²) in [7, 11) is 0. The van der Waals surface area contributed by atoms with Gasteiger partial charge in [-0.3, -0.25) is 4.98 Å². The Kier molecular flexibility index (Phi) is 2.85. The first-order valence-electron chi connectivity index (χ1n) is 6.04. The second kappa shape index (κ2) is 4.66. The van der Waals surface area contributed by atoms with E-state index in [0.29, 0.717) is 5.82 Å². The van der Waals surface area contributed by atoms with E-state index in [9.17, 15) is 4.79 Å². The summed E-state index contributed by atoms with van der Waals surface area (Å²) in [5.41, 5.74) is 1.83. The first-order valence-corrected chi connectivity index (χ1v) is 6.04. The van der Waals surface area contributed by atoms with Gasteiger partial charge >= 0.3 is 5.69 Å². The molecule has 0 atom stereocenters. The second-order valence-electron chi connectivity index (χ2n) is 4.31. The van der Waals surface area contributed by atoms with Gasteiger partial charge in [0.1, 0.15) is 0 Å². The summed E-state index contributed by atoms with van der Waals surface area (Å²) < 4.78 is 0. The van der Waals surface area contributed by atoms with Crippen molar-refractivity contribution in [1.82, 2.24) is 20.5 Å². The van der Waals surface area contributed by atoms with Crippen molar-refractivity contribution < 1.29 is 0 Å². The maximum Gasteiger partial charge on any atom is 0.340 e. The second-order valence-corrected chi connectivity index (χ2v) is 4.31. The molecule has 3 rings (SSSR count). The Labute approximate surface area is 104 Å². The normalized spacial score (nSPS) is 15.9. The van der Waals surface area contributed by atoms with Crippen molar-refractivity contribution in [2.45, 2.75) is 0 Å². The van der Waals surface area contributed by atoms with Gasteiger partial charge in [0.25, 0.3) is 0 Å². The van der Waals surface area contributed by atoms with Crippen LogP contribution in [0.5, 0.6) is 0 Å². The van der Waals surface area contributed by atoms with Crippen LogP contribution in [0.15, 0.2) is 29.1 Å². The number of rotatable bonds is 2. The smallest absolute Gasteiger partial charge is 0.340 e. The number of benzene rings is 1. The number of anilines is 1. The molecule has 0 bridgehead atoms. The number of nitrogens with one attached hydrogen (secondary N) is 3. The summed E-state index contributed by atoms with van der Waals surface area (Å²) >= 11 is 0. The van der Waals surface area contributed by atoms with Gasteiger partial charge in [-0.2, -0.15) is 5.10 Å². The van der Waals surface area contributed by atoms with Crippen LogP contribution in [0.2, 0.25) is 0 Å². The Balaban J connectivity index is 1.82. The lowest BCUT2D eigenvalue weighted by atomic mass is 10.2. The van der Waals surface area contributed by atoms with Gasteiger partial charge in [-0.05, 0) is 24.3 Å². The summed E-state index contributed by atoms with van der Waals surface area (Å²) in [6.45, 7) is 4.10. The van der Waals surface area contributed by atoms with Crippen molar-refractivity contribution >= 4 is 5.69 Å². The lowest BCUT2D eigenvalue weighted by Gasteiger charge is -2.29. The number of H-pyrrole nitrogens is 2. The maximum atomic E-state index is 11.0. The minimum atomic E-state index is -0.281. The SMILES string of the molecule is O=c1[nH]nc(-c2ccc(N3CCNCC3)cc2)[nH]1. The van der Waals surface area contributed by atoms with Crippen LogP contribution < -0.4 is 15.9 Å². The fraction of sp³-hybridized carbons (Fsp3) is 0.333. The number of aromatic amines is 2. The van der Waals surface area contributed by atoms with Crippen molar-refractivity contribution in [3.63, 3.8) is 0 Å². The molecule has 18 heavy (non-hydrogen) atoms. The topological polar surface area (TPSA) is 76.8 Å². The molecule has 1 aromatic heterocycles. The first-order chi connectivity index (χ1) is 8.83. The molecule has 0 spiro atoms. The largest absolute Gasteiger partial charge is 0.369 e. The van der Waals surface area contributed by atoms with Gasteiger partial charge in [-0.25, -0.2) is 9.89 Å². The third-order valence-corrected chi connectivity index (χ3v) is 3.12. The van der Waals surface area contributed by atoms with Crippen molar-refractivity contribution in [3.05, 3.63) is 34.7 Å². The molecule has 6 nitrogen and oxygen atoms in total. The molecule has 1 aliphatic rings. The van der Waals surface area contributed by atoms with E-state index < -0.39 is 0 Å². The highest BCUT2D eigenvalue weighted by Crippen LogP contribution is 2.20. The Hall–Kier alpha value is -2.08. The van der Waals surface area contributed by atoms with Crippen LogP contribution in [-0.4, -0.2) is 41.4 Å². The van der Waals surface area contributed by atoms with Gasteiger partial charge in [0.15, 0.2) is 5.82 Å². The molecule has 3 N–H and O–H groups in total. The van der Waals surface area contributed by atoms with Crippen molar-refractivity contribution in [3.8, 4) is 11.4 Å². The third-order valence-electron chi connectivity index (χ3n) is 3.12. The van der Waals surface area contributed by atoms with Gasteiger partial charge < -0.3 is 10.2 Å². The van der Waals surface area contributed by atoms with E-state index in [0.717, 1.165) is 31.7 Å². The third kappa shape index (κ3) is 2.14. The molecule has 1 aliphatic heterocycles. The van der Waals surface area contributed by atoms with E-state index in [-0.39, 0.29) is 5.69 Å². The maximum absolute atomic E-state index is 11.0. The van der Waals surface area contributed by atoms with E-state index in [1.54, 1.807) is 0 Å². The van der Waals surface area contributed by atoms with Crippen LogP contribution in [0.1, 0.15) is 0 Å². The zero-order valence-corrected chi connectivity index (χ0v) is 9.94. The van der Waals surface area contributed by atoms with E-state index in [1.165, 1.54) is 5.69 Å². The summed E-state index contributed by atoms with van der Waals surface area (Å²) in [5, 5.41) is 9.61. The number of nitrogens with zero attached hydrogens (tertiary/aromatic N) is 2. The van der Waals surface area contributed by atoms with E-state index >= 15 is 0 Å². The zero-order chi connectivity index (χ0) is 12.4. The molecular weight excluding hydrogens is 230 g/mol. The van der Waals surface area contributed by atoms with Crippen LogP contribution in [0.3, 0.4) is 0 Å². The Morgan fingerprint density at radius 1 is 1.11 bits per heavy atom. The lowest BCUT2D eigenvalue weighted by Crippen LogP contribution is -2.43. The van der Waals surface area contributed by atoms with Crippen molar-refractivity contribution in [2.24, 2.45) is 0 Å². The van der Waals surface area contributed by atoms with Crippen molar-refractivity contribution in [2.75, 3.05) is 31.1 Å². The molecule has 2 aromatic rings. The lowest BCUT2D eigenvalue weighted by molar-refractivity contribution is 0.589. The quantitative estimate of drug-likeness (QED) is 0.705. The van der Waals surface area contributed by atoms with Crippen molar-refractivity contribution in [1.29, 1.82) is 0 Å². The molecule has 2 heterocycles. The molecule has 94 valence electrons. The van der Waals surface area contributed by atoms with Gasteiger partial charge in [0, 0.05) is 37.4 Å². The molecular formula is C12H15N5O. The molecule has 0 saturated carbocycles. The minimum absolute atomic E-state index is 0.281. The van der Waals surface area contributed by atoms with Gasteiger partial charge in [-0.15, -0.1) is 0 Å². The number of piperazine rings is 1. The highest BCUT2D eigenvalue weighted by molar-refractivity contribution is 5.60. The van der Waals surface area contributed by atoms with E-state index in [1.807, 2.05) is 12.1 Å². The molecule has 1 aromatic carbocycles. The van der Waals surface area contributed by atoms with E-state index in [4.69, 9.17) is 0 Å². The summed E-state index contributed by atoms with van der Waals surface area (Å²) in [5.74, 6) is 0.576. The standard InChI is InChI=1S/C12H15N5O/c18-12-14-11(15-16-12)9-1-3-10(4-2-9)17-7-5-13-6-8-17/h1-4,13H,5-8H2,(H2,14,15,16,18). The average molecular weight is 245 g/mol. The highest BCUT2D eigenvalue weighted by Gasteiger charge is 2.10. The molecule has 0 unspecified atom stereocenters. The average Bonchev–Trinajstić information content (AvgIpc) is 2.87. The van der Waals surface area contributed by atoms with Gasteiger partial charge in [0.2, 0.25) is 0 Å². The van der Waals surface area contributed by atoms with Crippen LogP contribution >= 0.6 is 0 Å². The van der Waals surface area contributed by atoms with Crippen LogP contribution in [0.4, 0.5) is 5.69 Å². The van der Waals surface area contributed by atoms with Gasteiger partial charge in [0.05, 0.1) is 0 Å². The predicted molar refractivity (Wildman–Crippen MR) is 69.7 cm³/mol. The fourth-order valence-corrected chi connectivity index (χ4v) is 2.16. The first kappa shape index (κ1) is 11.0. The molecule has 1 saturated heterocycles. The Bertz CT molecular complexity index is 565. The number of hydrogen-bond acceptors (Lipinski definition) is 4.